The van der Waals surface area contributed by atoms with Crippen LogP contribution in [0.25, 0.3) is 0 Å². The van der Waals surface area contributed by atoms with E-state index in [-0.39, 0.29) is 18.5 Å². The molecule has 2 N–H and O–H groups in total. The number of aliphatic hydroxyl groups excluding tert-OH is 1. The smallest absolute Gasteiger partial charge is 0.239 e. The van der Waals surface area contributed by atoms with Gasteiger partial charge in [0.1, 0.15) is 11.6 Å². The summed E-state index contributed by atoms with van der Waals surface area (Å²) in [4.78, 5) is 14.4. The van der Waals surface area contributed by atoms with Crippen LogP contribution in [0.15, 0.2) is 30.3 Å². The van der Waals surface area contributed by atoms with E-state index in [2.05, 4.69) is 10.4 Å². The summed E-state index contributed by atoms with van der Waals surface area (Å²) < 4.78 is 6.93. The van der Waals surface area contributed by atoms with Crippen LogP contribution in [0.3, 0.4) is 0 Å². The van der Waals surface area contributed by atoms with Crippen molar-refractivity contribution in [3.05, 3.63) is 41.6 Å². The highest BCUT2D eigenvalue weighted by Crippen LogP contribution is 2.33. The molecule has 1 aliphatic rings. The minimum Gasteiger partial charge on any atom is -0.497 e. The van der Waals surface area contributed by atoms with E-state index in [1.165, 1.54) is 0 Å². The molecule has 1 aromatic carbocycles. The summed E-state index contributed by atoms with van der Waals surface area (Å²) >= 11 is 0. The summed E-state index contributed by atoms with van der Waals surface area (Å²) in [5.74, 6) is 1.32. The van der Waals surface area contributed by atoms with Crippen molar-refractivity contribution in [1.29, 1.82) is 0 Å². The number of benzene rings is 1. The standard InChI is InChI=1S/C18H24N4O3/c1-12-7-17(21(2)20-12)19-18(24)11-22-10-14(23)9-16(22)13-5-4-6-15(8-13)25-3/h4-8,14,16,23H,9-11H2,1-3H3,(H,19,24)/t14-,16-/m0/s1. The minimum atomic E-state index is -0.442. The Hall–Kier alpha value is -2.38. The largest absolute Gasteiger partial charge is 0.497 e. The lowest BCUT2D eigenvalue weighted by molar-refractivity contribution is -0.117. The molecule has 2 aromatic rings. The Kier molecular flexibility index (Phi) is 5.06. The minimum absolute atomic E-state index is 0.0101. The number of carbonyl (C=O) groups is 1. The lowest BCUT2D eigenvalue weighted by atomic mass is 10.0. The number of β-amino-alcohol motifs (C(OH)–C–C–N with tert-alkyl or cyclic N) is 1. The quantitative estimate of drug-likeness (QED) is 0.859. The van der Waals surface area contributed by atoms with Crippen molar-refractivity contribution in [3.8, 4) is 5.75 Å². The van der Waals surface area contributed by atoms with Gasteiger partial charge in [0.25, 0.3) is 0 Å². The number of aromatic nitrogens is 2. The Bertz CT molecular complexity index is 759. The molecule has 0 unspecified atom stereocenters. The fourth-order valence-electron chi connectivity index (χ4n) is 3.34. The van der Waals surface area contributed by atoms with Crippen molar-refractivity contribution in [2.24, 2.45) is 7.05 Å². The predicted octanol–water partition coefficient (Wildman–Crippen LogP) is 1.48. The van der Waals surface area contributed by atoms with Crippen LogP contribution in [0.4, 0.5) is 5.82 Å². The zero-order chi connectivity index (χ0) is 18.0. The summed E-state index contributed by atoms with van der Waals surface area (Å²) in [6, 6.07) is 9.59. The third-order valence-electron chi connectivity index (χ3n) is 4.48. The Morgan fingerprint density at radius 1 is 1.44 bits per heavy atom. The lowest BCUT2D eigenvalue weighted by Crippen LogP contribution is -2.34. The molecule has 1 aliphatic heterocycles. The molecule has 134 valence electrons. The van der Waals surface area contributed by atoms with Gasteiger partial charge in [-0.2, -0.15) is 5.10 Å². The van der Waals surface area contributed by atoms with Gasteiger partial charge in [0.15, 0.2) is 0 Å². The van der Waals surface area contributed by atoms with Crippen molar-refractivity contribution < 1.29 is 14.6 Å². The van der Waals surface area contributed by atoms with E-state index in [4.69, 9.17) is 4.74 Å². The fraction of sp³-hybridized carbons (Fsp3) is 0.444. The Labute approximate surface area is 147 Å². The number of hydrogen-bond donors (Lipinski definition) is 2. The van der Waals surface area contributed by atoms with Gasteiger partial charge >= 0.3 is 0 Å². The number of anilines is 1. The predicted molar refractivity (Wildman–Crippen MR) is 94.5 cm³/mol. The van der Waals surface area contributed by atoms with Gasteiger partial charge in [0.05, 0.1) is 25.5 Å². The van der Waals surface area contributed by atoms with Crippen molar-refractivity contribution in [2.45, 2.75) is 25.5 Å². The molecule has 0 saturated carbocycles. The number of amides is 1. The van der Waals surface area contributed by atoms with E-state index in [1.807, 2.05) is 42.2 Å². The van der Waals surface area contributed by atoms with E-state index in [1.54, 1.807) is 18.8 Å². The molecule has 0 bridgehead atoms. The average molecular weight is 344 g/mol. The van der Waals surface area contributed by atoms with E-state index in [0.717, 1.165) is 17.0 Å². The average Bonchev–Trinajstić information content (AvgIpc) is 3.09. The van der Waals surface area contributed by atoms with E-state index in [0.29, 0.717) is 18.8 Å². The number of nitrogens with zero attached hydrogens (tertiary/aromatic N) is 3. The van der Waals surface area contributed by atoms with Gasteiger partial charge in [0, 0.05) is 25.7 Å². The van der Waals surface area contributed by atoms with Gasteiger partial charge in [-0.05, 0) is 31.0 Å². The molecular formula is C18H24N4O3. The first-order valence-corrected chi connectivity index (χ1v) is 8.33. The Morgan fingerprint density at radius 3 is 2.92 bits per heavy atom. The van der Waals surface area contributed by atoms with Gasteiger partial charge in [-0.15, -0.1) is 0 Å². The number of aliphatic hydroxyl groups is 1. The third-order valence-corrected chi connectivity index (χ3v) is 4.48. The van der Waals surface area contributed by atoms with Crippen molar-refractivity contribution in [1.82, 2.24) is 14.7 Å². The number of nitrogens with one attached hydrogen (secondary N) is 1. The molecule has 1 aromatic heterocycles. The van der Waals surface area contributed by atoms with Gasteiger partial charge in [0.2, 0.25) is 5.91 Å². The number of carbonyl (C=O) groups excluding carboxylic acids is 1. The van der Waals surface area contributed by atoms with E-state index < -0.39 is 6.10 Å². The molecule has 2 heterocycles. The second-order valence-corrected chi connectivity index (χ2v) is 6.45. The Morgan fingerprint density at radius 2 is 2.24 bits per heavy atom. The first-order chi connectivity index (χ1) is 12.0. The second-order valence-electron chi connectivity index (χ2n) is 6.45. The van der Waals surface area contributed by atoms with Gasteiger partial charge in [-0.1, -0.05) is 12.1 Å². The second kappa shape index (κ2) is 7.25. The van der Waals surface area contributed by atoms with E-state index in [9.17, 15) is 9.90 Å². The van der Waals surface area contributed by atoms with Crippen LogP contribution < -0.4 is 10.1 Å². The molecule has 25 heavy (non-hydrogen) atoms. The molecule has 7 nitrogen and oxygen atoms in total. The van der Waals surface area contributed by atoms with Crippen molar-refractivity contribution in [3.63, 3.8) is 0 Å². The first kappa shape index (κ1) is 17.4. The van der Waals surface area contributed by atoms with Crippen molar-refractivity contribution in [2.75, 3.05) is 25.5 Å². The normalized spacial score (nSPS) is 20.6. The van der Waals surface area contributed by atoms with Gasteiger partial charge in [-0.3, -0.25) is 14.4 Å². The summed E-state index contributed by atoms with van der Waals surface area (Å²) in [5.41, 5.74) is 1.89. The number of hydrogen-bond acceptors (Lipinski definition) is 5. The molecule has 0 aliphatic carbocycles. The zero-order valence-electron chi connectivity index (χ0n) is 14.8. The van der Waals surface area contributed by atoms with Crippen LogP contribution in [0.1, 0.15) is 23.7 Å². The molecule has 1 amide bonds. The Balaban J connectivity index is 1.71. The number of aryl methyl sites for hydroxylation is 2. The van der Waals surface area contributed by atoms with Crippen LogP contribution in [0, 0.1) is 6.92 Å². The molecule has 0 spiro atoms. The third kappa shape index (κ3) is 4.00. The maximum Gasteiger partial charge on any atom is 0.239 e. The summed E-state index contributed by atoms with van der Waals surface area (Å²) in [5, 5.41) is 17.2. The monoisotopic (exact) mass is 344 g/mol. The summed E-state index contributed by atoms with van der Waals surface area (Å²) in [6.07, 6.45) is 0.161. The van der Waals surface area contributed by atoms with E-state index >= 15 is 0 Å². The van der Waals surface area contributed by atoms with Gasteiger partial charge < -0.3 is 15.2 Å². The zero-order valence-corrected chi connectivity index (χ0v) is 14.8. The number of ether oxygens (including phenoxy) is 1. The highest BCUT2D eigenvalue weighted by Gasteiger charge is 2.33. The van der Waals surface area contributed by atoms with Gasteiger partial charge in [-0.25, -0.2) is 0 Å². The molecule has 7 heteroatoms. The summed E-state index contributed by atoms with van der Waals surface area (Å²) in [6.45, 7) is 2.56. The first-order valence-electron chi connectivity index (χ1n) is 8.33. The number of rotatable bonds is 5. The SMILES string of the molecule is COc1cccc([C@@H]2C[C@H](O)CN2CC(=O)Nc2cc(C)nn2C)c1. The topological polar surface area (TPSA) is 79.6 Å². The molecule has 2 atom stereocenters. The van der Waals surface area contributed by atoms with Crippen LogP contribution in [0.5, 0.6) is 5.75 Å². The van der Waals surface area contributed by atoms with Crippen LogP contribution >= 0.6 is 0 Å². The molecule has 1 saturated heterocycles. The number of likely N-dealkylation sites (tertiary alicyclic amines) is 1. The highest BCUT2D eigenvalue weighted by molar-refractivity contribution is 5.91. The molecule has 1 fully saturated rings. The van der Waals surface area contributed by atoms with Crippen molar-refractivity contribution >= 4 is 11.7 Å². The molecule has 0 radical (unpaired) electrons. The van der Waals surface area contributed by atoms with Crippen LogP contribution in [-0.2, 0) is 11.8 Å². The van der Waals surface area contributed by atoms with Crippen LogP contribution in [0.2, 0.25) is 0 Å². The lowest BCUT2D eigenvalue weighted by Gasteiger charge is -2.24. The fourth-order valence-corrected chi connectivity index (χ4v) is 3.34. The highest BCUT2D eigenvalue weighted by atomic mass is 16.5. The maximum absolute atomic E-state index is 12.4. The summed E-state index contributed by atoms with van der Waals surface area (Å²) in [7, 11) is 3.42. The molecular weight excluding hydrogens is 320 g/mol. The maximum atomic E-state index is 12.4. The number of methoxy groups -OCH3 is 1. The van der Waals surface area contributed by atoms with Crippen LogP contribution in [-0.4, -0.2) is 52.0 Å². The molecule has 3 rings (SSSR count).